The van der Waals surface area contributed by atoms with E-state index in [4.69, 9.17) is 0 Å². The number of esters is 1. The van der Waals surface area contributed by atoms with E-state index in [-0.39, 0.29) is 24.4 Å². The van der Waals surface area contributed by atoms with Crippen LogP contribution in [-0.4, -0.2) is 34.4 Å². The Morgan fingerprint density at radius 1 is 1.43 bits per heavy atom. The summed E-state index contributed by atoms with van der Waals surface area (Å²) in [5.41, 5.74) is 0. The van der Waals surface area contributed by atoms with Crippen LogP contribution in [0.3, 0.4) is 0 Å². The first-order valence-corrected chi connectivity index (χ1v) is 6.18. The molecule has 0 aromatic carbocycles. The highest BCUT2D eigenvalue weighted by atomic mass is 32.2. The molecular formula is C8H14O5S. The molecule has 1 rings (SSSR count). The predicted molar refractivity (Wildman–Crippen MR) is 49.0 cm³/mol. The van der Waals surface area contributed by atoms with Gasteiger partial charge in [0.1, 0.15) is 0 Å². The maximum absolute atomic E-state index is 11.1. The molecule has 0 radical (unpaired) electrons. The summed E-state index contributed by atoms with van der Waals surface area (Å²) in [7, 11) is -2.07. The van der Waals surface area contributed by atoms with E-state index in [1.807, 2.05) is 0 Å². The molecule has 0 aromatic heterocycles. The number of hydrogen-bond donors (Lipinski definition) is 0. The van der Waals surface area contributed by atoms with Crippen molar-refractivity contribution in [2.45, 2.75) is 12.8 Å². The molecule has 0 saturated heterocycles. The van der Waals surface area contributed by atoms with Crippen molar-refractivity contribution in [2.75, 3.05) is 20.0 Å². The number of methoxy groups -OCH3 is 1. The van der Waals surface area contributed by atoms with Crippen LogP contribution in [0.4, 0.5) is 0 Å². The summed E-state index contributed by atoms with van der Waals surface area (Å²) in [5, 5.41) is 0. The summed E-state index contributed by atoms with van der Waals surface area (Å²) in [5.74, 6) is -0.489. The van der Waals surface area contributed by atoms with Crippen LogP contribution in [0, 0.1) is 11.8 Å². The van der Waals surface area contributed by atoms with Crippen LogP contribution in [0.25, 0.3) is 0 Å². The zero-order valence-corrected chi connectivity index (χ0v) is 9.04. The van der Waals surface area contributed by atoms with Crippen LogP contribution in [0.5, 0.6) is 0 Å². The molecule has 6 heteroatoms. The quantitative estimate of drug-likeness (QED) is 0.500. The summed E-state index contributed by atoms with van der Waals surface area (Å²) in [6, 6.07) is 0. The van der Waals surface area contributed by atoms with Crippen molar-refractivity contribution in [3.8, 4) is 0 Å². The van der Waals surface area contributed by atoms with Gasteiger partial charge in [-0.15, -0.1) is 0 Å². The van der Waals surface area contributed by atoms with Gasteiger partial charge in [0.2, 0.25) is 0 Å². The van der Waals surface area contributed by atoms with Crippen molar-refractivity contribution in [3.63, 3.8) is 0 Å². The molecule has 0 heterocycles. The summed E-state index contributed by atoms with van der Waals surface area (Å²) in [4.78, 5) is 11.1. The fraction of sp³-hybridized carbons (Fsp3) is 0.875. The lowest BCUT2D eigenvalue weighted by atomic mass is 9.74. The van der Waals surface area contributed by atoms with Gasteiger partial charge in [-0.05, 0) is 18.8 Å². The van der Waals surface area contributed by atoms with Crippen molar-refractivity contribution in [2.24, 2.45) is 11.8 Å². The topological polar surface area (TPSA) is 69.7 Å². The highest BCUT2D eigenvalue weighted by molar-refractivity contribution is 7.85. The van der Waals surface area contributed by atoms with Crippen molar-refractivity contribution in [1.82, 2.24) is 0 Å². The summed E-state index contributed by atoms with van der Waals surface area (Å²) >= 11 is 0. The molecule has 2 unspecified atom stereocenters. The Balaban J connectivity index is 2.37. The van der Waals surface area contributed by atoms with Gasteiger partial charge in [-0.3, -0.25) is 8.98 Å². The second-order valence-corrected chi connectivity index (χ2v) is 5.10. The van der Waals surface area contributed by atoms with Gasteiger partial charge in [-0.25, -0.2) is 0 Å². The van der Waals surface area contributed by atoms with Crippen LogP contribution in [0.2, 0.25) is 0 Å². The third-order valence-electron chi connectivity index (χ3n) is 2.42. The van der Waals surface area contributed by atoms with E-state index in [0.29, 0.717) is 0 Å². The fourth-order valence-electron chi connectivity index (χ4n) is 1.44. The Morgan fingerprint density at radius 3 is 2.43 bits per heavy atom. The zero-order valence-electron chi connectivity index (χ0n) is 8.23. The monoisotopic (exact) mass is 222 g/mol. The van der Waals surface area contributed by atoms with Crippen LogP contribution in [0.15, 0.2) is 0 Å². The van der Waals surface area contributed by atoms with E-state index < -0.39 is 10.1 Å². The summed E-state index contributed by atoms with van der Waals surface area (Å²) in [6.07, 6.45) is 2.57. The first kappa shape index (κ1) is 11.5. The minimum Gasteiger partial charge on any atom is -0.469 e. The maximum Gasteiger partial charge on any atom is 0.309 e. The lowest BCUT2D eigenvalue weighted by Gasteiger charge is -2.33. The number of carbonyl (C=O) groups is 1. The minimum absolute atomic E-state index is 0.0165. The lowest BCUT2D eigenvalue weighted by Crippen LogP contribution is -2.37. The second kappa shape index (κ2) is 4.27. The van der Waals surface area contributed by atoms with E-state index in [9.17, 15) is 13.2 Å². The van der Waals surface area contributed by atoms with E-state index >= 15 is 0 Å². The van der Waals surface area contributed by atoms with E-state index in [1.165, 1.54) is 7.11 Å². The molecular weight excluding hydrogens is 208 g/mol. The first-order chi connectivity index (χ1) is 6.44. The van der Waals surface area contributed by atoms with E-state index in [1.54, 1.807) is 0 Å². The molecule has 0 aromatic rings. The SMILES string of the molecule is COC(=O)C1CCC1COS(C)(=O)=O. The summed E-state index contributed by atoms with van der Waals surface area (Å²) < 4.78 is 30.6. The van der Waals surface area contributed by atoms with Crippen molar-refractivity contribution in [3.05, 3.63) is 0 Å². The molecule has 2 atom stereocenters. The molecule has 14 heavy (non-hydrogen) atoms. The molecule has 0 N–H and O–H groups in total. The van der Waals surface area contributed by atoms with Crippen LogP contribution in [0.1, 0.15) is 12.8 Å². The first-order valence-electron chi connectivity index (χ1n) is 4.36. The Labute approximate surface area is 83.5 Å². The third-order valence-corrected chi connectivity index (χ3v) is 2.98. The Hall–Kier alpha value is -0.620. The van der Waals surface area contributed by atoms with Gasteiger partial charge in [-0.2, -0.15) is 8.42 Å². The Morgan fingerprint density at radius 2 is 2.07 bits per heavy atom. The third kappa shape index (κ3) is 2.95. The Kier molecular flexibility index (Phi) is 3.49. The van der Waals surface area contributed by atoms with Crippen molar-refractivity contribution < 1.29 is 22.1 Å². The number of hydrogen-bond acceptors (Lipinski definition) is 5. The molecule has 1 aliphatic rings. The predicted octanol–water partition coefficient (Wildman–Crippen LogP) is 0.162. The van der Waals surface area contributed by atoms with Crippen molar-refractivity contribution >= 4 is 16.1 Å². The van der Waals surface area contributed by atoms with Crippen LogP contribution in [-0.2, 0) is 23.8 Å². The van der Waals surface area contributed by atoms with E-state index in [0.717, 1.165) is 19.1 Å². The van der Waals surface area contributed by atoms with Gasteiger partial charge in [-0.1, -0.05) is 0 Å². The largest absolute Gasteiger partial charge is 0.469 e. The average Bonchev–Trinajstić information content (AvgIpc) is 2.00. The highest BCUT2D eigenvalue weighted by Gasteiger charge is 2.37. The smallest absolute Gasteiger partial charge is 0.309 e. The normalized spacial score (nSPS) is 26.7. The molecule has 0 amide bonds. The molecule has 1 saturated carbocycles. The van der Waals surface area contributed by atoms with E-state index in [2.05, 4.69) is 8.92 Å². The van der Waals surface area contributed by atoms with Crippen molar-refractivity contribution in [1.29, 1.82) is 0 Å². The Bertz CT molecular complexity index is 308. The van der Waals surface area contributed by atoms with Gasteiger partial charge < -0.3 is 4.74 Å². The molecule has 1 aliphatic carbocycles. The number of rotatable bonds is 4. The standard InChI is InChI=1S/C8H14O5S/c1-12-8(9)7-4-3-6(7)5-13-14(2,10)11/h6-7H,3-5H2,1-2H3. The molecule has 0 aliphatic heterocycles. The average molecular weight is 222 g/mol. The second-order valence-electron chi connectivity index (χ2n) is 3.46. The van der Waals surface area contributed by atoms with Gasteiger partial charge in [0.05, 0.1) is 25.9 Å². The van der Waals surface area contributed by atoms with Crippen LogP contribution >= 0.6 is 0 Å². The maximum atomic E-state index is 11.1. The molecule has 5 nitrogen and oxygen atoms in total. The molecule has 1 fully saturated rings. The van der Waals surface area contributed by atoms with Gasteiger partial charge >= 0.3 is 5.97 Å². The molecule has 82 valence electrons. The molecule has 0 bridgehead atoms. The molecule has 0 spiro atoms. The van der Waals surface area contributed by atoms with Gasteiger partial charge in [0.25, 0.3) is 10.1 Å². The lowest BCUT2D eigenvalue weighted by molar-refractivity contribution is -0.152. The zero-order chi connectivity index (χ0) is 10.8. The number of ether oxygens (including phenoxy) is 1. The highest BCUT2D eigenvalue weighted by Crippen LogP contribution is 2.35. The van der Waals surface area contributed by atoms with Gasteiger partial charge in [0.15, 0.2) is 0 Å². The minimum atomic E-state index is -3.40. The van der Waals surface area contributed by atoms with Gasteiger partial charge in [0, 0.05) is 0 Å². The summed E-state index contributed by atoms with van der Waals surface area (Å²) in [6.45, 7) is 0.0819. The number of carbonyl (C=O) groups excluding carboxylic acids is 1. The fourth-order valence-corrected chi connectivity index (χ4v) is 1.86. The van der Waals surface area contributed by atoms with Crippen LogP contribution < -0.4 is 0 Å².